The summed E-state index contributed by atoms with van der Waals surface area (Å²) in [6.07, 6.45) is 1.78. The van der Waals surface area contributed by atoms with Crippen molar-refractivity contribution >= 4 is 29.2 Å². The van der Waals surface area contributed by atoms with Crippen LogP contribution in [0.4, 0.5) is 5.69 Å². The summed E-state index contributed by atoms with van der Waals surface area (Å²) in [5, 5.41) is 10.6. The van der Waals surface area contributed by atoms with Gasteiger partial charge < -0.3 is 9.64 Å². The molecule has 0 saturated carbocycles. The molecule has 9 heteroatoms. The molecule has 1 amide bonds. The van der Waals surface area contributed by atoms with Gasteiger partial charge in [0.1, 0.15) is 5.56 Å². The Bertz CT molecular complexity index is 564. The minimum absolute atomic E-state index is 0.138. The predicted molar refractivity (Wildman–Crippen MR) is 74.1 cm³/mol. The van der Waals surface area contributed by atoms with Crippen LogP contribution in [0.1, 0.15) is 23.2 Å². The molecule has 1 aromatic rings. The highest BCUT2D eigenvalue weighted by Gasteiger charge is 2.26. The molecule has 0 N–H and O–H groups in total. The van der Waals surface area contributed by atoms with Gasteiger partial charge in [-0.15, -0.1) is 0 Å². The highest BCUT2D eigenvalue weighted by molar-refractivity contribution is 6.32. The third kappa shape index (κ3) is 4.38. The first kappa shape index (κ1) is 16.8. The second-order valence-electron chi connectivity index (χ2n) is 4.16. The zero-order valence-electron chi connectivity index (χ0n) is 11.5. The number of rotatable bonds is 6. The molecule has 0 saturated heterocycles. The smallest absolute Gasteiger partial charge is 0.319 e. The van der Waals surface area contributed by atoms with Gasteiger partial charge in [0.05, 0.1) is 12.0 Å². The number of ether oxygens (including phenoxy) is 1. The second-order valence-corrected chi connectivity index (χ2v) is 4.52. The van der Waals surface area contributed by atoms with E-state index in [9.17, 15) is 19.7 Å². The molecule has 0 aliphatic carbocycles. The van der Waals surface area contributed by atoms with E-state index in [2.05, 4.69) is 9.72 Å². The Labute approximate surface area is 125 Å². The zero-order chi connectivity index (χ0) is 16.0. The monoisotopic (exact) mass is 315 g/mol. The van der Waals surface area contributed by atoms with E-state index in [-0.39, 0.29) is 29.7 Å². The van der Waals surface area contributed by atoms with Crippen LogP contribution >= 0.6 is 11.6 Å². The fourth-order valence-electron chi connectivity index (χ4n) is 1.64. The number of amides is 1. The van der Waals surface area contributed by atoms with Gasteiger partial charge in [-0.05, 0) is 12.5 Å². The van der Waals surface area contributed by atoms with Crippen LogP contribution in [0.25, 0.3) is 0 Å². The molecule has 0 unspecified atom stereocenters. The van der Waals surface area contributed by atoms with E-state index in [0.717, 1.165) is 0 Å². The fraction of sp³-hybridized carbons (Fsp3) is 0.417. The third-order valence-electron chi connectivity index (χ3n) is 2.74. The molecule has 1 rings (SSSR count). The van der Waals surface area contributed by atoms with Crippen molar-refractivity contribution in [1.29, 1.82) is 0 Å². The van der Waals surface area contributed by atoms with E-state index in [1.165, 1.54) is 31.3 Å². The van der Waals surface area contributed by atoms with Crippen molar-refractivity contribution in [1.82, 2.24) is 9.88 Å². The van der Waals surface area contributed by atoms with Crippen molar-refractivity contribution < 1.29 is 19.2 Å². The maximum atomic E-state index is 12.2. The van der Waals surface area contributed by atoms with Crippen LogP contribution < -0.4 is 0 Å². The van der Waals surface area contributed by atoms with Gasteiger partial charge in [0, 0.05) is 26.2 Å². The van der Waals surface area contributed by atoms with Crippen molar-refractivity contribution in [3.63, 3.8) is 0 Å². The number of nitrogens with zero attached hydrogens (tertiary/aromatic N) is 3. The molecule has 0 spiro atoms. The third-order valence-corrected chi connectivity index (χ3v) is 3.02. The first-order valence-electron chi connectivity index (χ1n) is 5.99. The highest BCUT2D eigenvalue weighted by Crippen LogP contribution is 2.26. The first-order chi connectivity index (χ1) is 9.88. The quantitative estimate of drug-likeness (QED) is 0.342. The van der Waals surface area contributed by atoms with E-state index in [4.69, 9.17) is 11.6 Å². The van der Waals surface area contributed by atoms with Crippen LogP contribution in [0.5, 0.6) is 0 Å². The Morgan fingerprint density at radius 3 is 2.76 bits per heavy atom. The van der Waals surface area contributed by atoms with Crippen LogP contribution in [0.15, 0.2) is 12.3 Å². The average Bonchev–Trinajstić information content (AvgIpc) is 2.45. The minimum Gasteiger partial charge on any atom is -0.469 e. The van der Waals surface area contributed by atoms with Gasteiger partial charge in [0.2, 0.25) is 5.15 Å². The van der Waals surface area contributed by atoms with Crippen molar-refractivity contribution in [3.8, 4) is 0 Å². The van der Waals surface area contributed by atoms with Gasteiger partial charge in [-0.1, -0.05) is 11.6 Å². The van der Waals surface area contributed by atoms with Crippen LogP contribution in [0, 0.1) is 10.1 Å². The summed E-state index contributed by atoms with van der Waals surface area (Å²) in [7, 11) is 2.76. The number of esters is 1. The van der Waals surface area contributed by atoms with E-state index >= 15 is 0 Å². The van der Waals surface area contributed by atoms with Gasteiger partial charge in [0.25, 0.3) is 5.91 Å². The molecule has 8 nitrogen and oxygen atoms in total. The van der Waals surface area contributed by atoms with Crippen LogP contribution in [0.3, 0.4) is 0 Å². The normalized spacial score (nSPS) is 10.0. The Morgan fingerprint density at radius 2 is 2.19 bits per heavy atom. The molecule has 1 heterocycles. The predicted octanol–water partition coefficient (Wildman–Crippen LogP) is 1.67. The Morgan fingerprint density at radius 1 is 1.52 bits per heavy atom. The van der Waals surface area contributed by atoms with Gasteiger partial charge in [-0.2, -0.15) is 0 Å². The number of hydrogen-bond donors (Lipinski definition) is 0. The van der Waals surface area contributed by atoms with Crippen molar-refractivity contribution in [2.75, 3.05) is 20.7 Å². The number of aromatic nitrogens is 1. The summed E-state index contributed by atoms with van der Waals surface area (Å²) < 4.78 is 4.49. The molecule has 0 fully saturated rings. The number of methoxy groups -OCH3 is 1. The summed E-state index contributed by atoms with van der Waals surface area (Å²) in [6.45, 7) is 0.255. The Kier molecular flexibility index (Phi) is 6.04. The summed E-state index contributed by atoms with van der Waals surface area (Å²) in [4.78, 5) is 38.3. The van der Waals surface area contributed by atoms with Gasteiger partial charge >= 0.3 is 11.7 Å². The second kappa shape index (κ2) is 7.53. The SMILES string of the molecule is COC(=O)CCCN(C)C(=O)c1ccnc(Cl)c1[N+](=O)[O-]. The first-order valence-corrected chi connectivity index (χ1v) is 6.37. The number of carbonyl (C=O) groups excluding carboxylic acids is 2. The molecule has 0 bridgehead atoms. The molecule has 1 aromatic heterocycles. The van der Waals surface area contributed by atoms with Gasteiger partial charge in [-0.25, -0.2) is 4.98 Å². The number of pyridine rings is 1. The lowest BCUT2D eigenvalue weighted by Gasteiger charge is -2.16. The molecule has 0 aliphatic heterocycles. The lowest BCUT2D eigenvalue weighted by Crippen LogP contribution is -2.29. The van der Waals surface area contributed by atoms with E-state index < -0.39 is 16.5 Å². The van der Waals surface area contributed by atoms with Gasteiger partial charge in [-0.3, -0.25) is 19.7 Å². The number of carbonyl (C=O) groups is 2. The molecule has 21 heavy (non-hydrogen) atoms. The largest absolute Gasteiger partial charge is 0.469 e. The molecule has 114 valence electrons. The average molecular weight is 316 g/mol. The number of halogens is 1. The zero-order valence-corrected chi connectivity index (χ0v) is 12.3. The number of hydrogen-bond acceptors (Lipinski definition) is 6. The standard InChI is InChI=1S/C12H14ClN3O5/c1-15(7-3-4-9(17)21-2)12(18)8-5-6-14-11(13)10(8)16(19)20/h5-6H,3-4,7H2,1-2H3. The molecular weight excluding hydrogens is 302 g/mol. The van der Waals surface area contributed by atoms with Crippen LogP contribution in [0.2, 0.25) is 5.15 Å². The maximum Gasteiger partial charge on any atom is 0.319 e. The Hall–Kier alpha value is -2.22. The highest BCUT2D eigenvalue weighted by atomic mass is 35.5. The van der Waals surface area contributed by atoms with Crippen molar-refractivity contribution in [2.45, 2.75) is 12.8 Å². The summed E-state index contributed by atoms with van der Waals surface area (Å²) in [5.74, 6) is -0.940. The van der Waals surface area contributed by atoms with E-state index in [1.807, 2.05) is 0 Å². The Balaban J connectivity index is 2.81. The summed E-state index contributed by atoms with van der Waals surface area (Å²) in [6, 6.07) is 1.24. The lowest BCUT2D eigenvalue weighted by atomic mass is 10.2. The van der Waals surface area contributed by atoms with Crippen LogP contribution in [-0.4, -0.2) is 47.4 Å². The number of nitro groups is 1. The summed E-state index contributed by atoms with van der Waals surface area (Å²) >= 11 is 5.65. The molecular formula is C12H14ClN3O5. The maximum absolute atomic E-state index is 12.2. The minimum atomic E-state index is -0.745. The molecule has 0 atom stereocenters. The van der Waals surface area contributed by atoms with Crippen LogP contribution in [-0.2, 0) is 9.53 Å². The molecule has 0 radical (unpaired) electrons. The fourth-order valence-corrected chi connectivity index (χ4v) is 1.87. The van der Waals surface area contributed by atoms with Gasteiger partial charge in [0.15, 0.2) is 0 Å². The summed E-state index contributed by atoms with van der Waals surface area (Å²) in [5.41, 5.74) is -0.662. The van der Waals surface area contributed by atoms with E-state index in [0.29, 0.717) is 6.42 Å². The van der Waals surface area contributed by atoms with Crippen molar-refractivity contribution in [3.05, 3.63) is 33.1 Å². The molecule has 0 aliphatic rings. The van der Waals surface area contributed by atoms with Crippen molar-refractivity contribution in [2.24, 2.45) is 0 Å². The lowest BCUT2D eigenvalue weighted by molar-refractivity contribution is -0.385. The topological polar surface area (TPSA) is 103 Å². The van der Waals surface area contributed by atoms with E-state index in [1.54, 1.807) is 0 Å². The molecule has 0 aromatic carbocycles.